The number of aryl methyl sites for hydroxylation is 1. The molecule has 0 saturated heterocycles. The average molecular weight is 434 g/mol. The molecule has 1 atom stereocenters. The van der Waals surface area contributed by atoms with E-state index in [4.69, 9.17) is 9.47 Å². The predicted octanol–water partition coefficient (Wildman–Crippen LogP) is 3.95. The minimum Gasteiger partial charge on any atom is -0.486 e. The lowest BCUT2D eigenvalue weighted by molar-refractivity contribution is 0.171. The number of halogens is 1. The Bertz CT molecular complexity index is 809. The van der Waals surface area contributed by atoms with Crippen LogP contribution in [0.1, 0.15) is 17.2 Å². The molecule has 2 aromatic carbocycles. The summed E-state index contributed by atoms with van der Waals surface area (Å²) in [6.07, 6.45) is 0. The Balaban J connectivity index is 1.64. The Morgan fingerprint density at radius 1 is 1.15 bits per heavy atom. The third kappa shape index (κ3) is 4.93. The predicted molar refractivity (Wildman–Crippen MR) is 110 cm³/mol. The van der Waals surface area contributed by atoms with Gasteiger partial charge in [0.05, 0.1) is 11.7 Å². The zero-order valence-corrected chi connectivity index (χ0v) is 17.3. The van der Waals surface area contributed by atoms with E-state index >= 15 is 0 Å². The van der Waals surface area contributed by atoms with Gasteiger partial charge in [-0.15, -0.1) is 0 Å². The van der Waals surface area contributed by atoms with E-state index < -0.39 is 0 Å². The van der Waals surface area contributed by atoms with Gasteiger partial charge in [0.1, 0.15) is 13.2 Å². The second kappa shape index (κ2) is 8.63. The number of benzene rings is 2. The van der Waals surface area contributed by atoms with Crippen LogP contribution < -0.4 is 20.1 Å². The minimum absolute atomic E-state index is 0.0834. The maximum absolute atomic E-state index is 12.4. The number of likely N-dealkylation sites (N-methyl/N-ethyl adjacent to an activating group) is 1. The molecule has 0 aliphatic carbocycles. The van der Waals surface area contributed by atoms with E-state index in [9.17, 15) is 4.79 Å². The van der Waals surface area contributed by atoms with Crippen LogP contribution in [0.15, 0.2) is 40.9 Å². The summed E-state index contributed by atoms with van der Waals surface area (Å²) in [5.74, 6) is 1.30. The second-order valence-electron chi connectivity index (χ2n) is 6.70. The van der Waals surface area contributed by atoms with Gasteiger partial charge in [-0.3, -0.25) is 0 Å². The third-order valence-corrected chi connectivity index (χ3v) is 5.08. The fourth-order valence-electron chi connectivity index (χ4n) is 2.90. The molecule has 1 unspecified atom stereocenters. The first-order chi connectivity index (χ1) is 12.9. The zero-order valence-electron chi connectivity index (χ0n) is 15.7. The van der Waals surface area contributed by atoms with Crippen molar-refractivity contribution < 1.29 is 14.3 Å². The number of ether oxygens (including phenoxy) is 2. The SMILES string of the molecule is Cc1ccc(C(CNC(=O)Nc2cc3c(cc2Br)OCCO3)N(C)C)cc1. The van der Waals surface area contributed by atoms with Crippen molar-refractivity contribution in [1.82, 2.24) is 10.2 Å². The first kappa shape index (κ1) is 19.5. The summed E-state index contributed by atoms with van der Waals surface area (Å²) >= 11 is 3.46. The lowest BCUT2D eigenvalue weighted by Crippen LogP contribution is -2.37. The molecular weight excluding hydrogens is 410 g/mol. The molecule has 0 saturated carbocycles. The molecule has 3 rings (SSSR count). The first-order valence-corrected chi connectivity index (χ1v) is 9.60. The topological polar surface area (TPSA) is 62.8 Å². The molecule has 6 nitrogen and oxygen atoms in total. The van der Waals surface area contributed by atoms with Crippen molar-refractivity contribution in [1.29, 1.82) is 0 Å². The highest BCUT2D eigenvalue weighted by atomic mass is 79.9. The van der Waals surface area contributed by atoms with Crippen LogP contribution in [-0.2, 0) is 0 Å². The number of hydrogen-bond acceptors (Lipinski definition) is 4. The maximum atomic E-state index is 12.4. The summed E-state index contributed by atoms with van der Waals surface area (Å²) in [5.41, 5.74) is 3.00. The van der Waals surface area contributed by atoms with Crippen molar-refractivity contribution in [2.24, 2.45) is 0 Å². The molecule has 0 radical (unpaired) electrons. The Labute approximate surface area is 168 Å². The molecule has 1 aliphatic heterocycles. The van der Waals surface area contributed by atoms with Crippen molar-refractivity contribution in [3.8, 4) is 11.5 Å². The van der Waals surface area contributed by atoms with Crippen molar-refractivity contribution in [3.63, 3.8) is 0 Å². The number of anilines is 1. The number of nitrogens with zero attached hydrogens (tertiary/aromatic N) is 1. The molecule has 27 heavy (non-hydrogen) atoms. The summed E-state index contributed by atoms with van der Waals surface area (Å²) in [6.45, 7) is 3.58. The number of urea groups is 1. The van der Waals surface area contributed by atoms with E-state index in [1.54, 1.807) is 12.1 Å². The van der Waals surface area contributed by atoms with Crippen molar-refractivity contribution in [3.05, 3.63) is 52.0 Å². The van der Waals surface area contributed by atoms with Gasteiger partial charge in [0, 0.05) is 23.2 Å². The Kier molecular flexibility index (Phi) is 6.23. The Hall–Kier alpha value is -2.25. The number of carbonyl (C=O) groups excluding carboxylic acids is 1. The number of hydrogen-bond donors (Lipinski definition) is 2. The van der Waals surface area contributed by atoms with Crippen LogP contribution >= 0.6 is 15.9 Å². The van der Waals surface area contributed by atoms with Crippen LogP contribution in [-0.4, -0.2) is 44.8 Å². The number of amides is 2. The quantitative estimate of drug-likeness (QED) is 0.748. The van der Waals surface area contributed by atoms with Gasteiger partial charge >= 0.3 is 6.03 Å². The van der Waals surface area contributed by atoms with Crippen LogP contribution in [0, 0.1) is 6.92 Å². The van der Waals surface area contributed by atoms with E-state index in [-0.39, 0.29) is 12.1 Å². The van der Waals surface area contributed by atoms with Crippen LogP contribution in [0.4, 0.5) is 10.5 Å². The second-order valence-corrected chi connectivity index (χ2v) is 7.56. The molecule has 1 aliphatic rings. The summed E-state index contributed by atoms with van der Waals surface area (Å²) in [6, 6.07) is 11.7. The van der Waals surface area contributed by atoms with Crippen LogP contribution in [0.25, 0.3) is 0 Å². The average Bonchev–Trinajstić information content (AvgIpc) is 2.63. The van der Waals surface area contributed by atoms with Gasteiger partial charge in [0.2, 0.25) is 0 Å². The summed E-state index contributed by atoms with van der Waals surface area (Å²) in [7, 11) is 4.00. The standard InChI is InChI=1S/C20H24BrN3O3/c1-13-4-6-14(7-5-13)17(24(2)3)12-22-20(25)23-16-11-19-18(10-15(16)21)26-8-9-27-19/h4-7,10-11,17H,8-9,12H2,1-3H3,(H2,22,23,25). The Morgan fingerprint density at radius 2 is 1.78 bits per heavy atom. The highest BCUT2D eigenvalue weighted by Crippen LogP contribution is 2.38. The molecule has 0 bridgehead atoms. The lowest BCUT2D eigenvalue weighted by atomic mass is 10.0. The molecule has 2 amide bonds. The molecule has 1 heterocycles. The largest absolute Gasteiger partial charge is 0.486 e. The van der Waals surface area contributed by atoms with Crippen LogP contribution in [0.5, 0.6) is 11.5 Å². The molecule has 144 valence electrons. The van der Waals surface area contributed by atoms with Crippen molar-refractivity contribution in [2.45, 2.75) is 13.0 Å². The lowest BCUT2D eigenvalue weighted by Gasteiger charge is -2.25. The highest BCUT2D eigenvalue weighted by molar-refractivity contribution is 9.10. The van der Waals surface area contributed by atoms with Gasteiger partial charge in [-0.2, -0.15) is 0 Å². The highest BCUT2D eigenvalue weighted by Gasteiger charge is 2.18. The number of nitrogens with one attached hydrogen (secondary N) is 2. The molecule has 2 N–H and O–H groups in total. The van der Waals surface area contributed by atoms with Gasteiger partial charge in [-0.05, 0) is 42.5 Å². The molecule has 0 fully saturated rings. The van der Waals surface area contributed by atoms with Gasteiger partial charge in [-0.1, -0.05) is 29.8 Å². The number of fused-ring (bicyclic) bond motifs is 1. The van der Waals surface area contributed by atoms with E-state index in [1.807, 2.05) is 14.1 Å². The van der Waals surface area contributed by atoms with E-state index in [0.29, 0.717) is 36.9 Å². The van der Waals surface area contributed by atoms with Gasteiger partial charge < -0.3 is 25.0 Å². The van der Waals surface area contributed by atoms with Crippen molar-refractivity contribution >= 4 is 27.6 Å². The zero-order chi connectivity index (χ0) is 19.4. The van der Waals surface area contributed by atoms with Crippen molar-refractivity contribution in [2.75, 3.05) is 39.2 Å². The fraction of sp³-hybridized carbons (Fsp3) is 0.350. The smallest absolute Gasteiger partial charge is 0.319 e. The number of carbonyl (C=O) groups is 1. The number of rotatable bonds is 5. The Morgan fingerprint density at radius 3 is 2.41 bits per heavy atom. The molecular formula is C20H24BrN3O3. The minimum atomic E-state index is -0.272. The van der Waals surface area contributed by atoms with Gasteiger partial charge in [-0.25, -0.2) is 4.79 Å². The molecule has 0 aromatic heterocycles. The van der Waals surface area contributed by atoms with Crippen LogP contribution in [0.3, 0.4) is 0 Å². The first-order valence-electron chi connectivity index (χ1n) is 8.81. The van der Waals surface area contributed by atoms with Gasteiger partial charge in [0.15, 0.2) is 11.5 Å². The molecule has 2 aromatic rings. The van der Waals surface area contributed by atoms with Gasteiger partial charge in [0.25, 0.3) is 0 Å². The third-order valence-electron chi connectivity index (χ3n) is 4.42. The molecule has 7 heteroatoms. The molecule has 0 spiro atoms. The summed E-state index contributed by atoms with van der Waals surface area (Å²) < 4.78 is 11.9. The summed E-state index contributed by atoms with van der Waals surface area (Å²) in [4.78, 5) is 14.5. The summed E-state index contributed by atoms with van der Waals surface area (Å²) in [5, 5.41) is 5.81. The van der Waals surface area contributed by atoms with Crippen LogP contribution in [0.2, 0.25) is 0 Å². The normalized spacial score (nSPS) is 14.0. The van der Waals surface area contributed by atoms with E-state index in [1.165, 1.54) is 5.56 Å². The van der Waals surface area contributed by atoms with E-state index in [2.05, 4.69) is 62.7 Å². The van der Waals surface area contributed by atoms with E-state index in [0.717, 1.165) is 10.0 Å². The maximum Gasteiger partial charge on any atom is 0.319 e. The fourth-order valence-corrected chi connectivity index (χ4v) is 3.32. The monoisotopic (exact) mass is 433 g/mol.